The van der Waals surface area contributed by atoms with E-state index < -0.39 is 0 Å². The predicted molar refractivity (Wildman–Crippen MR) is 57.9 cm³/mol. The smallest absolute Gasteiger partial charge is 0.158 e. The van der Waals surface area contributed by atoms with Crippen LogP contribution in [0.15, 0.2) is 30.4 Å². The summed E-state index contributed by atoms with van der Waals surface area (Å²) in [6, 6.07) is 4.36. The zero-order valence-corrected chi connectivity index (χ0v) is 8.66. The molecule has 3 heteroatoms. The first-order valence-corrected chi connectivity index (χ1v) is 4.70. The molecule has 3 nitrogen and oxygen atoms in total. The van der Waals surface area contributed by atoms with E-state index in [0.717, 1.165) is 0 Å². The van der Waals surface area contributed by atoms with E-state index in [-0.39, 0.29) is 17.3 Å². The van der Waals surface area contributed by atoms with Gasteiger partial charge in [0.2, 0.25) is 0 Å². The van der Waals surface area contributed by atoms with E-state index in [0.29, 0.717) is 24.0 Å². The Morgan fingerprint density at radius 3 is 2.60 bits per heavy atom. The van der Waals surface area contributed by atoms with Gasteiger partial charge in [0, 0.05) is 12.5 Å². The topological polar surface area (TPSA) is 57.5 Å². The highest BCUT2D eigenvalue weighted by Gasteiger charge is 2.06. The minimum absolute atomic E-state index is 0.0116. The second-order valence-electron chi connectivity index (χ2n) is 3.52. The molecule has 1 rings (SSSR count). The monoisotopic (exact) mass is 206 g/mol. The summed E-state index contributed by atoms with van der Waals surface area (Å²) in [4.78, 5) is 11.3. The highest BCUT2D eigenvalue weighted by molar-refractivity contribution is 5.94. The number of carbonyl (C=O) groups excluding carboxylic acids is 1. The van der Waals surface area contributed by atoms with Crippen molar-refractivity contribution < 1.29 is 15.0 Å². The van der Waals surface area contributed by atoms with Crippen molar-refractivity contribution in [1.29, 1.82) is 0 Å². The van der Waals surface area contributed by atoms with Gasteiger partial charge in [0.1, 0.15) is 11.5 Å². The number of ketones is 1. The van der Waals surface area contributed by atoms with Crippen molar-refractivity contribution in [3.05, 3.63) is 35.9 Å². The first-order valence-electron chi connectivity index (χ1n) is 4.70. The van der Waals surface area contributed by atoms with Crippen LogP contribution in [0.25, 0.3) is 0 Å². The van der Waals surface area contributed by atoms with Gasteiger partial charge in [-0.1, -0.05) is 12.6 Å². The van der Waals surface area contributed by atoms with E-state index in [1.165, 1.54) is 12.1 Å². The van der Waals surface area contributed by atoms with Crippen molar-refractivity contribution in [2.45, 2.75) is 19.8 Å². The predicted octanol–water partition coefficient (Wildman–Crippen LogP) is 2.18. The first kappa shape index (κ1) is 11.3. The summed E-state index contributed by atoms with van der Waals surface area (Å²) < 4.78 is 0. The minimum Gasteiger partial charge on any atom is -0.508 e. The van der Waals surface area contributed by atoms with E-state index in [9.17, 15) is 9.90 Å². The largest absolute Gasteiger partial charge is 0.508 e. The van der Waals surface area contributed by atoms with Gasteiger partial charge in [-0.15, -0.1) is 0 Å². The third kappa shape index (κ3) is 3.13. The zero-order chi connectivity index (χ0) is 11.4. The molecule has 0 aliphatic heterocycles. The van der Waals surface area contributed by atoms with Crippen LogP contribution in [0.3, 0.4) is 0 Å². The number of benzene rings is 1. The third-order valence-electron chi connectivity index (χ3n) is 2.17. The van der Waals surface area contributed by atoms with Gasteiger partial charge in [-0.05, 0) is 30.5 Å². The Bertz CT molecular complexity index is 394. The summed E-state index contributed by atoms with van der Waals surface area (Å²) in [5, 5.41) is 18.5. The second-order valence-corrected chi connectivity index (χ2v) is 3.52. The Kier molecular flexibility index (Phi) is 3.50. The Morgan fingerprint density at radius 2 is 2.07 bits per heavy atom. The summed E-state index contributed by atoms with van der Waals surface area (Å²) in [7, 11) is 0. The average Bonchev–Trinajstić information content (AvgIpc) is 2.15. The van der Waals surface area contributed by atoms with Gasteiger partial charge in [0.15, 0.2) is 5.78 Å². The van der Waals surface area contributed by atoms with E-state index in [1.807, 2.05) is 0 Å². The van der Waals surface area contributed by atoms with Gasteiger partial charge < -0.3 is 10.2 Å². The maximum atomic E-state index is 11.3. The number of rotatable bonds is 4. The molecule has 0 saturated carbocycles. The van der Waals surface area contributed by atoms with E-state index in [1.54, 1.807) is 13.0 Å². The molecule has 80 valence electrons. The van der Waals surface area contributed by atoms with Gasteiger partial charge in [-0.3, -0.25) is 4.79 Å². The second kappa shape index (κ2) is 4.64. The lowest BCUT2D eigenvalue weighted by Gasteiger charge is -2.04. The van der Waals surface area contributed by atoms with Gasteiger partial charge in [0.25, 0.3) is 0 Å². The quantitative estimate of drug-likeness (QED) is 0.742. The Morgan fingerprint density at radius 1 is 1.40 bits per heavy atom. The van der Waals surface area contributed by atoms with Crippen LogP contribution < -0.4 is 0 Å². The fourth-order valence-electron chi connectivity index (χ4n) is 1.23. The highest BCUT2D eigenvalue weighted by atomic mass is 16.3. The summed E-state index contributed by atoms with van der Waals surface area (Å²) in [6.45, 7) is 5.22. The van der Waals surface area contributed by atoms with Gasteiger partial charge in [0.05, 0.1) is 0 Å². The van der Waals surface area contributed by atoms with Crippen LogP contribution in [0.5, 0.6) is 11.5 Å². The molecule has 15 heavy (non-hydrogen) atoms. The molecule has 0 saturated heterocycles. The molecule has 0 amide bonds. The molecule has 0 bridgehead atoms. The Hall–Kier alpha value is -1.77. The van der Waals surface area contributed by atoms with E-state index >= 15 is 0 Å². The maximum absolute atomic E-state index is 11.3. The molecule has 0 radical (unpaired) electrons. The molecule has 0 fully saturated rings. The number of aromatic hydroxyl groups is 2. The summed E-state index contributed by atoms with van der Waals surface area (Å²) in [5.74, 6) is 0.0227. The highest BCUT2D eigenvalue weighted by Crippen LogP contribution is 2.23. The van der Waals surface area contributed by atoms with E-state index in [2.05, 4.69) is 6.58 Å². The Balaban J connectivity index is 2.66. The maximum Gasteiger partial charge on any atom is 0.158 e. The molecule has 0 spiro atoms. The molecular formula is C12H14O3. The normalized spacial score (nSPS) is 9.93. The number of Topliss-reactive ketones (excluding diaryl/α,β-unsaturated/α-hetero) is 1. The van der Waals surface area contributed by atoms with Crippen LogP contribution in [0.4, 0.5) is 0 Å². The van der Waals surface area contributed by atoms with Crippen LogP contribution in [-0.4, -0.2) is 16.0 Å². The molecule has 1 aromatic rings. The molecule has 1 aromatic carbocycles. The van der Waals surface area contributed by atoms with Crippen molar-refractivity contribution in [2.24, 2.45) is 0 Å². The number of aryl methyl sites for hydroxylation is 1. The number of hydrogen-bond acceptors (Lipinski definition) is 3. The molecule has 0 heterocycles. The summed E-state index contributed by atoms with van der Waals surface area (Å²) in [5.41, 5.74) is 1.18. The first-order chi connectivity index (χ1) is 7.00. The fourth-order valence-corrected chi connectivity index (χ4v) is 1.23. The molecule has 0 unspecified atom stereocenters. The number of phenols is 2. The number of carbonyl (C=O) groups is 1. The van der Waals surface area contributed by atoms with Crippen molar-refractivity contribution in [1.82, 2.24) is 0 Å². The number of allylic oxidation sites excluding steroid dienone is 1. The lowest BCUT2D eigenvalue weighted by Crippen LogP contribution is -2.00. The molecule has 2 N–H and O–H groups in total. The van der Waals surface area contributed by atoms with E-state index in [4.69, 9.17) is 5.11 Å². The molecule has 0 aliphatic rings. The zero-order valence-electron chi connectivity index (χ0n) is 8.66. The van der Waals surface area contributed by atoms with Crippen LogP contribution in [0.1, 0.15) is 18.9 Å². The van der Waals surface area contributed by atoms with Crippen molar-refractivity contribution >= 4 is 5.78 Å². The summed E-state index contributed by atoms with van der Waals surface area (Å²) >= 11 is 0. The fraction of sp³-hybridized carbons (Fsp3) is 0.250. The summed E-state index contributed by atoms with van der Waals surface area (Å²) in [6.07, 6.45) is 0.783. The molecular weight excluding hydrogens is 192 g/mol. The molecule has 0 aliphatic carbocycles. The van der Waals surface area contributed by atoms with Crippen LogP contribution in [-0.2, 0) is 11.2 Å². The third-order valence-corrected chi connectivity index (χ3v) is 2.17. The molecule has 0 atom stereocenters. The van der Waals surface area contributed by atoms with Crippen LogP contribution in [0.2, 0.25) is 0 Å². The number of hydrogen-bond donors (Lipinski definition) is 2. The SMILES string of the molecule is C=C(C)C(=O)CCc1ccc(O)cc1O. The lowest BCUT2D eigenvalue weighted by atomic mass is 10.0. The van der Waals surface area contributed by atoms with Crippen molar-refractivity contribution in [2.75, 3.05) is 0 Å². The minimum atomic E-state index is -0.0116. The van der Waals surface area contributed by atoms with Gasteiger partial charge in [-0.25, -0.2) is 0 Å². The van der Waals surface area contributed by atoms with Crippen LogP contribution >= 0.6 is 0 Å². The van der Waals surface area contributed by atoms with Crippen molar-refractivity contribution in [3.8, 4) is 11.5 Å². The number of phenolic OH excluding ortho intramolecular Hbond substituents is 2. The van der Waals surface area contributed by atoms with Crippen molar-refractivity contribution in [3.63, 3.8) is 0 Å². The Labute approximate surface area is 88.7 Å². The van der Waals surface area contributed by atoms with Gasteiger partial charge in [-0.2, -0.15) is 0 Å². The average molecular weight is 206 g/mol. The van der Waals surface area contributed by atoms with Gasteiger partial charge >= 0.3 is 0 Å². The lowest BCUT2D eigenvalue weighted by molar-refractivity contribution is -0.115. The molecule has 0 aromatic heterocycles. The van der Waals surface area contributed by atoms with Crippen LogP contribution in [0, 0.1) is 0 Å². The standard InChI is InChI=1S/C12H14O3/c1-8(2)11(14)6-4-9-3-5-10(13)7-12(9)15/h3,5,7,13,15H,1,4,6H2,2H3.